The van der Waals surface area contributed by atoms with Crippen molar-refractivity contribution < 1.29 is 14.7 Å². The Morgan fingerprint density at radius 1 is 1.10 bits per heavy atom. The van der Waals surface area contributed by atoms with E-state index in [9.17, 15) is 14.7 Å². The molecule has 0 aromatic carbocycles. The summed E-state index contributed by atoms with van der Waals surface area (Å²) in [5.74, 6) is 0.247. The lowest BCUT2D eigenvalue weighted by Crippen LogP contribution is -2.46. The topological polar surface area (TPSA) is 112 Å². The molecule has 1 fully saturated rings. The Hall–Kier alpha value is -2.00. The minimum Gasteiger partial charge on any atom is -0.393 e. The highest BCUT2D eigenvalue weighted by Crippen LogP contribution is 2.10. The molecule has 2 rings (SSSR count). The van der Waals surface area contributed by atoms with Crippen LogP contribution in [-0.4, -0.2) is 75.6 Å². The van der Waals surface area contributed by atoms with Crippen LogP contribution < -0.4 is 10.6 Å². The summed E-state index contributed by atoms with van der Waals surface area (Å²) in [6.07, 6.45) is 11.4. The monoisotopic (exact) mass is 436 g/mol. The largest absolute Gasteiger partial charge is 0.393 e. The first-order chi connectivity index (χ1) is 15.0. The van der Waals surface area contributed by atoms with Gasteiger partial charge in [0.05, 0.1) is 11.8 Å². The second kappa shape index (κ2) is 14.9. The van der Waals surface area contributed by atoms with Gasteiger partial charge in [0.25, 0.3) is 0 Å². The third-order valence-electron chi connectivity index (χ3n) is 5.51. The van der Waals surface area contributed by atoms with Crippen LogP contribution in [0.2, 0.25) is 0 Å². The van der Waals surface area contributed by atoms with E-state index < -0.39 is 6.10 Å². The third kappa shape index (κ3) is 11.3. The molecule has 0 spiro atoms. The van der Waals surface area contributed by atoms with Gasteiger partial charge in [0.15, 0.2) is 0 Å². The van der Waals surface area contributed by atoms with Crippen LogP contribution in [0.15, 0.2) is 6.20 Å². The van der Waals surface area contributed by atoms with E-state index in [2.05, 4.69) is 20.9 Å². The van der Waals surface area contributed by atoms with Gasteiger partial charge in [-0.1, -0.05) is 43.7 Å². The molecular formula is C22H40N6O3. The molecule has 1 atom stereocenters. The van der Waals surface area contributed by atoms with E-state index in [-0.39, 0.29) is 12.5 Å². The number of aromatic nitrogens is 3. The van der Waals surface area contributed by atoms with Crippen molar-refractivity contribution in [3.63, 3.8) is 0 Å². The molecule has 9 nitrogen and oxygen atoms in total. The van der Waals surface area contributed by atoms with Crippen molar-refractivity contribution in [1.29, 1.82) is 0 Å². The van der Waals surface area contributed by atoms with Gasteiger partial charge in [0.1, 0.15) is 6.54 Å². The van der Waals surface area contributed by atoms with Gasteiger partial charge in [-0.05, 0) is 19.8 Å². The summed E-state index contributed by atoms with van der Waals surface area (Å²) in [7, 11) is 0. The maximum Gasteiger partial charge on any atom is 0.241 e. The molecule has 0 aliphatic carbocycles. The molecule has 2 amide bonds. The second-order valence-electron chi connectivity index (χ2n) is 8.52. The summed E-state index contributed by atoms with van der Waals surface area (Å²) in [6.45, 7) is 6.08. The van der Waals surface area contributed by atoms with Crippen LogP contribution in [-0.2, 0) is 22.6 Å². The Bertz CT molecular complexity index is 643. The summed E-state index contributed by atoms with van der Waals surface area (Å²) in [5, 5.41) is 23.4. The van der Waals surface area contributed by atoms with Gasteiger partial charge in [-0.25, -0.2) is 4.68 Å². The Morgan fingerprint density at radius 3 is 2.42 bits per heavy atom. The van der Waals surface area contributed by atoms with Crippen LogP contribution in [0.3, 0.4) is 0 Å². The Labute approximate surface area is 185 Å². The van der Waals surface area contributed by atoms with E-state index in [4.69, 9.17) is 0 Å². The quantitative estimate of drug-likeness (QED) is 0.357. The summed E-state index contributed by atoms with van der Waals surface area (Å²) in [4.78, 5) is 26.0. The van der Waals surface area contributed by atoms with Crippen molar-refractivity contribution in [2.75, 3.05) is 32.7 Å². The van der Waals surface area contributed by atoms with E-state index in [0.717, 1.165) is 51.9 Å². The SMILES string of the molecule is C[C@@H](O)Cc1cn(CC(=O)NCCCCCCCCCCC(=O)N2CCNCC2)nn1. The highest BCUT2D eigenvalue weighted by atomic mass is 16.3. The number of nitrogens with zero attached hydrogens (tertiary/aromatic N) is 4. The van der Waals surface area contributed by atoms with Gasteiger partial charge in [0, 0.05) is 51.8 Å². The van der Waals surface area contributed by atoms with E-state index in [1.807, 2.05) is 4.90 Å². The minimum atomic E-state index is -0.467. The summed E-state index contributed by atoms with van der Waals surface area (Å²) in [5.41, 5.74) is 0.689. The number of unbranched alkanes of at least 4 members (excludes halogenated alkanes) is 7. The average molecular weight is 437 g/mol. The lowest BCUT2D eigenvalue weighted by molar-refractivity contribution is -0.131. The van der Waals surface area contributed by atoms with E-state index >= 15 is 0 Å². The number of rotatable bonds is 15. The molecular weight excluding hydrogens is 396 g/mol. The van der Waals surface area contributed by atoms with Crippen LogP contribution in [0.5, 0.6) is 0 Å². The zero-order chi connectivity index (χ0) is 22.3. The number of amides is 2. The van der Waals surface area contributed by atoms with Gasteiger partial charge < -0.3 is 20.6 Å². The number of carbonyl (C=O) groups is 2. The first kappa shape index (κ1) is 25.3. The normalized spacial score (nSPS) is 15.1. The lowest BCUT2D eigenvalue weighted by atomic mass is 10.1. The Kier molecular flexibility index (Phi) is 12.2. The highest BCUT2D eigenvalue weighted by molar-refractivity contribution is 5.76. The van der Waals surface area contributed by atoms with Crippen LogP contribution in [0.25, 0.3) is 0 Å². The number of hydrogen-bond acceptors (Lipinski definition) is 6. The first-order valence-corrected chi connectivity index (χ1v) is 11.9. The van der Waals surface area contributed by atoms with Crippen molar-refractivity contribution in [2.45, 2.75) is 83.8 Å². The van der Waals surface area contributed by atoms with Crippen LogP contribution in [0.4, 0.5) is 0 Å². The molecule has 0 saturated carbocycles. The smallest absolute Gasteiger partial charge is 0.241 e. The van der Waals surface area contributed by atoms with E-state index in [1.165, 1.54) is 30.4 Å². The van der Waals surface area contributed by atoms with Crippen molar-refractivity contribution in [1.82, 2.24) is 30.5 Å². The maximum atomic E-state index is 12.1. The molecule has 1 saturated heterocycles. The summed E-state index contributed by atoms with van der Waals surface area (Å²) in [6, 6.07) is 0. The standard InChI is InChI=1S/C22H40N6O3/c1-19(29)16-20-17-28(26-25-20)18-21(30)24-11-9-7-5-3-2-4-6-8-10-22(31)27-14-12-23-13-15-27/h17,19,23,29H,2-16,18H2,1H3,(H,24,30)/t19-/m1/s1. The fourth-order valence-electron chi connectivity index (χ4n) is 3.78. The second-order valence-corrected chi connectivity index (χ2v) is 8.52. The maximum absolute atomic E-state index is 12.1. The fourth-order valence-corrected chi connectivity index (χ4v) is 3.78. The third-order valence-corrected chi connectivity index (χ3v) is 5.51. The molecule has 176 valence electrons. The lowest BCUT2D eigenvalue weighted by Gasteiger charge is -2.27. The molecule has 1 aliphatic heterocycles. The number of carbonyl (C=O) groups excluding carboxylic acids is 2. The Morgan fingerprint density at radius 2 is 1.74 bits per heavy atom. The highest BCUT2D eigenvalue weighted by Gasteiger charge is 2.15. The Balaban J connectivity index is 1.37. The van der Waals surface area contributed by atoms with Gasteiger partial charge in [-0.2, -0.15) is 0 Å². The van der Waals surface area contributed by atoms with Crippen LogP contribution in [0.1, 0.15) is 70.4 Å². The van der Waals surface area contributed by atoms with Crippen LogP contribution in [0, 0.1) is 0 Å². The number of hydrogen-bond donors (Lipinski definition) is 3. The van der Waals surface area contributed by atoms with Gasteiger partial charge >= 0.3 is 0 Å². The predicted molar refractivity (Wildman–Crippen MR) is 119 cm³/mol. The number of aliphatic hydroxyl groups excluding tert-OH is 1. The number of nitrogens with one attached hydrogen (secondary N) is 2. The number of aliphatic hydroxyl groups is 1. The minimum absolute atomic E-state index is 0.0659. The zero-order valence-electron chi connectivity index (χ0n) is 19.0. The molecule has 0 radical (unpaired) electrons. The molecule has 2 heterocycles. The van der Waals surface area contributed by atoms with Crippen molar-refractivity contribution in [3.8, 4) is 0 Å². The first-order valence-electron chi connectivity index (χ1n) is 11.9. The van der Waals surface area contributed by atoms with Crippen molar-refractivity contribution in [2.24, 2.45) is 0 Å². The molecule has 9 heteroatoms. The molecule has 0 unspecified atom stereocenters. The van der Waals surface area contributed by atoms with E-state index in [0.29, 0.717) is 31.0 Å². The average Bonchev–Trinajstić information content (AvgIpc) is 3.18. The van der Waals surface area contributed by atoms with Gasteiger partial charge in [-0.3, -0.25) is 9.59 Å². The summed E-state index contributed by atoms with van der Waals surface area (Å²) < 4.78 is 1.50. The zero-order valence-corrected chi connectivity index (χ0v) is 19.0. The van der Waals surface area contributed by atoms with E-state index in [1.54, 1.807) is 13.1 Å². The van der Waals surface area contributed by atoms with Gasteiger partial charge in [-0.15, -0.1) is 5.10 Å². The molecule has 31 heavy (non-hydrogen) atoms. The number of piperazine rings is 1. The molecule has 3 N–H and O–H groups in total. The van der Waals surface area contributed by atoms with Crippen LogP contribution >= 0.6 is 0 Å². The molecule has 1 aromatic heterocycles. The van der Waals surface area contributed by atoms with Crippen molar-refractivity contribution in [3.05, 3.63) is 11.9 Å². The van der Waals surface area contributed by atoms with Gasteiger partial charge in [0.2, 0.25) is 11.8 Å². The van der Waals surface area contributed by atoms with Crippen molar-refractivity contribution >= 4 is 11.8 Å². The fraction of sp³-hybridized carbons (Fsp3) is 0.818. The molecule has 1 aromatic rings. The predicted octanol–water partition coefficient (Wildman–Crippen LogP) is 1.26. The summed E-state index contributed by atoms with van der Waals surface area (Å²) >= 11 is 0. The molecule has 0 bridgehead atoms. The molecule has 1 aliphatic rings.